The van der Waals surface area contributed by atoms with Crippen LogP contribution in [0.5, 0.6) is 0 Å². The Morgan fingerprint density at radius 3 is 2.33 bits per heavy atom. The summed E-state index contributed by atoms with van der Waals surface area (Å²) < 4.78 is 0.934. The predicted molar refractivity (Wildman–Crippen MR) is 97.9 cm³/mol. The highest BCUT2D eigenvalue weighted by Crippen LogP contribution is 2.26. The summed E-state index contributed by atoms with van der Waals surface area (Å²) in [6.07, 6.45) is 5.66. The monoisotopic (exact) mass is 393 g/mol. The van der Waals surface area contributed by atoms with E-state index in [1.807, 2.05) is 29.2 Å². The maximum atomic E-state index is 12.6. The van der Waals surface area contributed by atoms with E-state index >= 15 is 0 Å². The first-order valence-electron chi connectivity index (χ1n) is 8.74. The number of hydrogen-bond donors (Lipinski definition) is 1. The first-order valence-corrected chi connectivity index (χ1v) is 9.53. The molecule has 1 aromatic carbocycles. The first kappa shape index (κ1) is 17.3. The van der Waals surface area contributed by atoms with Gasteiger partial charge in [0.15, 0.2) is 0 Å². The molecule has 0 aromatic heterocycles. The van der Waals surface area contributed by atoms with Gasteiger partial charge in [-0.3, -0.25) is 4.79 Å². The van der Waals surface area contributed by atoms with Gasteiger partial charge >= 0.3 is 6.03 Å². The Bertz CT molecular complexity index is 594. The SMILES string of the molecule is O=C(Nc1cccc(Br)c1)N1CCN(C(=O)C2CCCCC2)CC1. The van der Waals surface area contributed by atoms with Crippen LogP contribution in [0.15, 0.2) is 28.7 Å². The van der Waals surface area contributed by atoms with E-state index in [1.165, 1.54) is 19.3 Å². The van der Waals surface area contributed by atoms with Gasteiger partial charge in [0, 0.05) is 42.3 Å². The molecule has 1 N–H and O–H groups in total. The van der Waals surface area contributed by atoms with Gasteiger partial charge in [0.1, 0.15) is 0 Å². The second-order valence-electron chi connectivity index (χ2n) is 6.59. The standard InChI is InChI=1S/C18H24BrN3O2/c19-15-7-4-8-16(13-15)20-18(24)22-11-9-21(10-12-22)17(23)14-5-2-1-3-6-14/h4,7-8,13-14H,1-3,5-6,9-12H2,(H,20,24). The van der Waals surface area contributed by atoms with Crippen molar-refractivity contribution in [2.75, 3.05) is 31.5 Å². The fourth-order valence-electron chi connectivity index (χ4n) is 3.51. The molecule has 0 unspecified atom stereocenters. The highest BCUT2D eigenvalue weighted by atomic mass is 79.9. The van der Waals surface area contributed by atoms with Crippen LogP contribution < -0.4 is 5.32 Å². The van der Waals surface area contributed by atoms with E-state index in [0.29, 0.717) is 32.1 Å². The van der Waals surface area contributed by atoms with Crippen molar-refractivity contribution < 1.29 is 9.59 Å². The largest absolute Gasteiger partial charge is 0.339 e. The molecule has 2 fully saturated rings. The quantitative estimate of drug-likeness (QED) is 0.832. The molecule has 3 amide bonds. The molecule has 130 valence electrons. The molecule has 0 spiro atoms. The van der Waals surface area contributed by atoms with Gasteiger partial charge in [0.25, 0.3) is 0 Å². The maximum Gasteiger partial charge on any atom is 0.321 e. The molecule has 0 radical (unpaired) electrons. The lowest BCUT2D eigenvalue weighted by molar-refractivity contribution is -0.137. The van der Waals surface area contributed by atoms with Crippen molar-refractivity contribution >= 4 is 33.6 Å². The molecular formula is C18H24BrN3O2. The van der Waals surface area contributed by atoms with Crippen LogP contribution >= 0.6 is 15.9 Å². The molecular weight excluding hydrogens is 370 g/mol. The van der Waals surface area contributed by atoms with E-state index in [4.69, 9.17) is 0 Å². The lowest BCUT2D eigenvalue weighted by atomic mass is 9.88. The highest BCUT2D eigenvalue weighted by molar-refractivity contribution is 9.10. The molecule has 3 rings (SSSR count). The van der Waals surface area contributed by atoms with Crippen LogP contribution in [0.3, 0.4) is 0 Å². The number of nitrogens with one attached hydrogen (secondary N) is 1. The molecule has 6 heteroatoms. The minimum absolute atomic E-state index is 0.0992. The number of piperazine rings is 1. The van der Waals surface area contributed by atoms with Crippen molar-refractivity contribution in [3.05, 3.63) is 28.7 Å². The zero-order chi connectivity index (χ0) is 16.9. The van der Waals surface area contributed by atoms with E-state index in [9.17, 15) is 9.59 Å². The van der Waals surface area contributed by atoms with Crippen molar-refractivity contribution in [1.82, 2.24) is 9.80 Å². The smallest absolute Gasteiger partial charge is 0.321 e. The van der Waals surface area contributed by atoms with Gasteiger partial charge < -0.3 is 15.1 Å². The number of nitrogens with zero attached hydrogens (tertiary/aromatic N) is 2. The zero-order valence-corrected chi connectivity index (χ0v) is 15.4. The molecule has 5 nitrogen and oxygen atoms in total. The second kappa shape index (κ2) is 8.01. The van der Waals surface area contributed by atoms with Gasteiger partial charge in [-0.05, 0) is 31.0 Å². The van der Waals surface area contributed by atoms with E-state index in [-0.39, 0.29) is 11.9 Å². The average Bonchev–Trinajstić information content (AvgIpc) is 2.62. The molecule has 1 aliphatic heterocycles. The van der Waals surface area contributed by atoms with Gasteiger partial charge in [-0.1, -0.05) is 41.3 Å². The third kappa shape index (κ3) is 4.29. The van der Waals surface area contributed by atoms with Crippen molar-refractivity contribution in [2.24, 2.45) is 5.92 Å². The lowest BCUT2D eigenvalue weighted by Gasteiger charge is -2.37. The van der Waals surface area contributed by atoms with Crippen LogP contribution in [0.1, 0.15) is 32.1 Å². The minimum atomic E-state index is -0.0992. The second-order valence-corrected chi connectivity index (χ2v) is 7.50. The number of anilines is 1. The summed E-state index contributed by atoms with van der Waals surface area (Å²) in [6.45, 7) is 2.47. The summed E-state index contributed by atoms with van der Waals surface area (Å²) in [6, 6.07) is 7.45. The minimum Gasteiger partial charge on any atom is -0.339 e. The van der Waals surface area contributed by atoms with Crippen molar-refractivity contribution in [3.63, 3.8) is 0 Å². The Labute approximate surface area is 151 Å². The van der Waals surface area contributed by atoms with Crippen LogP contribution in [0.4, 0.5) is 10.5 Å². The van der Waals surface area contributed by atoms with Crippen LogP contribution in [0.2, 0.25) is 0 Å². The van der Waals surface area contributed by atoms with E-state index in [0.717, 1.165) is 23.0 Å². The van der Waals surface area contributed by atoms with Crippen molar-refractivity contribution in [3.8, 4) is 0 Å². The molecule has 1 aliphatic carbocycles. The molecule has 2 aliphatic rings. The van der Waals surface area contributed by atoms with Gasteiger partial charge in [-0.2, -0.15) is 0 Å². The number of benzene rings is 1. The number of urea groups is 1. The van der Waals surface area contributed by atoms with Crippen molar-refractivity contribution in [1.29, 1.82) is 0 Å². The summed E-state index contributed by atoms with van der Waals surface area (Å²) >= 11 is 3.40. The fourth-order valence-corrected chi connectivity index (χ4v) is 3.91. The van der Waals surface area contributed by atoms with Crippen LogP contribution in [0, 0.1) is 5.92 Å². The molecule has 1 saturated heterocycles. The number of halogens is 1. The lowest BCUT2D eigenvalue weighted by Crippen LogP contribution is -2.53. The van der Waals surface area contributed by atoms with Gasteiger partial charge in [-0.15, -0.1) is 0 Å². The number of carbonyl (C=O) groups excluding carboxylic acids is 2. The van der Waals surface area contributed by atoms with Gasteiger partial charge in [0.05, 0.1) is 0 Å². The third-order valence-corrected chi connectivity index (χ3v) is 5.40. The van der Waals surface area contributed by atoms with Crippen LogP contribution in [-0.2, 0) is 4.79 Å². The molecule has 0 atom stereocenters. The molecule has 1 saturated carbocycles. The normalized spacial score (nSPS) is 19.2. The van der Waals surface area contributed by atoms with Crippen molar-refractivity contribution in [2.45, 2.75) is 32.1 Å². The Morgan fingerprint density at radius 2 is 1.67 bits per heavy atom. The average molecular weight is 394 g/mol. The molecule has 24 heavy (non-hydrogen) atoms. The fraction of sp³-hybridized carbons (Fsp3) is 0.556. The summed E-state index contributed by atoms with van der Waals surface area (Å²) in [4.78, 5) is 28.6. The van der Waals surface area contributed by atoms with Crippen LogP contribution in [-0.4, -0.2) is 47.9 Å². The van der Waals surface area contributed by atoms with Crippen LogP contribution in [0.25, 0.3) is 0 Å². The number of hydrogen-bond acceptors (Lipinski definition) is 2. The van der Waals surface area contributed by atoms with E-state index < -0.39 is 0 Å². The maximum absolute atomic E-state index is 12.6. The highest BCUT2D eigenvalue weighted by Gasteiger charge is 2.29. The van der Waals surface area contributed by atoms with E-state index in [2.05, 4.69) is 21.2 Å². The first-order chi connectivity index (χ1) is 11.6. The molecule has 1 heterocycles. The Kier molecular flexibility index (Phi) is 5.76. The Balaban J connectivity index is 1.49. The van der Waals surface area contributed by atoms with Gasteiger partial charge in [0.2, 0.25) is 5.91 Å². The summed E-state index contributed by atoms with van der Waals surface area (Å²) in [5, 5.41) is 2.91. The Hall–Kier alpha value is -1.56. The number of carbonyl (C=O) groups is 2. The topological polar surface area (TPSA) is 52.7 Å². The summed E-state index contributed by atoms with van der Waals surface area (Å²) in [7, 11) is 0. The number of rotatable bonds is 2. The van der Waals surface area contributed by atoms with Gasteiger partial charge in [-0.25, -0.2) is 4.79 Å². The summed E-state index contributed by atoms with van der Waals surface area (Å²) in [5.74, 6) is 0.502. The Morgan fingerprint density at radius 1 is 1.00 bits per heavy atom. The van der Waals surface area contributed by atoms with E-state index in [1.54, 1.807) is 4.90 Å². The third-order valence-electron chi connectivity index (χ3n) is 4.91. The number of amides is 3. The summed E-state index contributed by atoms with van der Waals surface area (Å²) in [5.41, 5.74) is 0.773. The predicted octanol–water partition coefficient (Wildman–Crippen LogP) is 3.71. The zero-order valence-electron chi connectivity index (χ0n) is 13.8. The molecule has 0 bridgehead atoms. The molecule has 1 aromatic rings.